The van der Waals surface area contributed by atoms with Gasteiger partial charge in [0.2, 0.25) is 0 Å². The third-order valence-electron chi connectivity index (χ3n) is 5.49. The largest absolute Gasteiger partial charge is 0.505 e. The van der Waals surface area contributed by atoms with Gasteiger partial charge in [0.05, 0.1) is 13.2 Å². The molecule has 31 heavy (non-hydrogen) atoms. The van der Waals surface area contributed by atoms with Crippen molar-refractivity contribution in [2.45, 2.75) is 31.8 Å². The molecule has 6 nitrogen and oxygen atoms in total. The van der Waals surface area contributed by atoms with E-state index in [2.05, 4.69) is 32.7 Å². The second-order valence-electron chi connectivity index (χ2n) is 7.48. The highest BCUT2D eigenvalue weighted by molar-refractivity contribution is 14.0. The highest BCUT2D eigenvalue weighted by Crippen LogP contribution is 2.26. The van der Waals surface area contributed by atoms with Crippen LogP contribution >= 0.6 is 24.0 Å². The van der Waals surface area contributed by atoms with Crippen LogP contribution < -0.4 is 15.4 Å². The number of benzene rings is 2. The molecule has 8 heteroatoms. The fraction of sp³-hybridized carbons (Fsp3) is 0.435. The molecule has 1 aliphatic rings. The minimum absolute atomic E-state index is 0. The van der Waals surface area contributed by atoms with Crippen LogP contribution in [0.4, 0.5) is 4.39 Å². The van der Waals surface area contributed by atoms with E-state index in [1.54, 1.807) is 20.2 Å². The molecule has 1 heterocycles. The smallest absolute Gasteiger partial charge is 0.191 e. The van der Waals surface area contributed by atoms with Crippen molar-refractivity contribution < 1.29 is 14.2 Å². The molecule has 170 valence electrons. The van der Waals surface area contributed by atoms with Gasteiger partial charge in [-0.25, -0.2) is 4.39 Å². The molecule has 0 aromatic heterocycles. The number of piperidine rings is 1. The molecule has 0 radical (unpaired) electrons. The molecule has 0 aliphatic carbocycles. The Kier molecular flexibility index (Phi) is 10.3. The van der Waals surface area contributed by atoms with Crippen molar-refractivity contribution in [3.63, 3.8) is 0 Å². The number of halogens is 2. The summed E-state index contributed by atoms with van der Waals surface area (Å²) in [5.74, 6) is 0.536. The van der Waals surface area contributed by atoms with E-state index in [0.717, 1.165) is 24.4 Å². The first-order valence-corrected chi connectivity index (χ1v) is 10.4. The van der Waals surface area contributed by atoms with Gasteiger partial charge in [0, 0.05) is 20.1 Å². The van der Waals surface area contributed by atoms with Gasteiger partial charge in [0.25, 0.3) is 0 Å². The molecular formula is C23H32FIN4O2. The molecular weight excluding hydrogens is 510 g/mol. The molecule has 1 atom stereocenters. The van der Waals surface area contributed by atoms with Gasteiger partial charge in [-0.2, -0.15) is 0 Å². The van der Waals surface area contributed by atoms with Crippen molar-refractivity contribution in [3.05, 3.63) is 59.4 Å². The Labute approximate surface area is 200 Å². The van der Waals surface area contributed by atoms with Gasteiger partial charge in [-0.3, -0.25) is 9.89 Å². The van der Waals surface area contributed by atoms with Crippen molar-refractivity contribution in [3.8, 4) is 11.5 Å². The van der Waals surface area contributed by atoms with Gasteiger partial charge in [0.1, 0.15) is 5.75 Å². The van der Waals surface area contributed by atoms with Gasteiger partial charge in [-0.1, -0.05) is 24.6 Å². The van der Waals surface area contributed by atoms with E-state index in [4.69, 9.17) is 4.74 Å². The van der Waals surface area contributed by atoms with Crippen molar-refractivity contribution in [2.24, 2.45) is 4.99 Å². The number of aliphatic imine (C=N–C) groups is 1. The fourth-order valence-electron chi connectivity index (χ4n) is 3.77. The summed E-state index contributed by atoms with van der Waals surface area (Å²) in [6, 6.07) is 12.8. The Bertz CT molecular complexity index is 842. The van der Waals surface area contributed by atoms with Gasteiger partial charge in [-0.05, 0) is 61.3 Å². The highest BCUT2D eigenvalue weighted by atomic mass is 127. The summed E-state index contributed by atoms with van der Waals surface area (Å²) in [7, 11) is 3.39. The van der Waals surface area contributed by atoms with Crippen molar-refractivity contribution in [1.82, 2.24) is 15.5 Å². The zero-order valence-corrected chi connectivity index (χ0v) is 20.4. The lowest BCUT2D eigenvalue weighted by atomic mass is 10.0. The highest BCUT2D eigenvalue weighted by Gasteiger charge is 2.22. The number of methoxy groups -OCH3 is 1. The normalized spacial score (nSPS) is 15.6. The van der Waals surface area contributed by atoms with Crippen LogP contribution in [0.15, 0.2) is 47.5 Å². The first-order chi connectivity index (χ1) is 14.6. The predicted molar refractivity (Wildman–Crippen MR) is 133 cm³/mol. The number of phenolic OH excluding ortho intramolecular Hbond substituents is 1. The first kappa shape index (κ1) is 25.2. The Balaban J connectivity index is 0.00000341. The molecule has 0 saturated carbocycles. The minimum Gasteiger partial charge on any atom is -0.505 e. The Morgan fingerprint density at radius 1 is 1.13 bits per heavy atom. The summed E-state index contributed by atoms with van der Waals surface area (Å²) in [6.45, 7) is 3.28. The predicted octanol–water partition coefficient (Wildman–Crippen LogP) is 4.05. The van der Waals surface area contributed by atoms with Crippen molar-refractivity contribution in [1.29, 1.82) is 0 Å². The molecule has 0 amide bonds. The van der Waals surface area contributed by atoms with E-state index in [1.807, 2.05) is 12.1 Å². The molecule has 1 unspecified atom stereocenters. The summed E-state index contributed by atoms with van der Waals surface area (Å²) in [4.78, 5) is 6.81. The van der Waals surface area contributed by atoms with Crippen molar-refractivity contribution in [2.75, 3.05) is 33.8 Å². The van der Waals surface area contributed by atoms with E-state index in [-0.39, 0.29) is 35.8 Å². The van der Waals surface area contributed by atoms with E-state index in [9.17, 15) is 9.50 Å². The maximum atomic E-state index is 13.5. The zero-order valence-electron chi connectivity index (χ0n) is 18.1. The van der Waals surface area contributed by atoms with Gasteiger partial charge in [0.15, 0.2) is 17.5 Å². The van der Waals surface area contributed by atoms with Crippen LogP contribution in [-0.2, 0) is 6.54 Å². The topological polar surface area (TPSA) is 69.1 Å². The second-order valence-corrected chi connectivity index (χ2v) is 7.48. The number of hydrogen-bond acceptors (Lipinski definition) is 4. The average Bonchev–Trinajstić information content (AvgIpc) is 2.79. The monoisotopic (exact) mass is 542 g/mol. The number of likely N-dealkylation sites (tertiary alicyclic amines) is 1. The third-order valence-corrected chi connectivity index (χ3v) is 5.49. The molecule has 3 rings (SSSR count). The van der Waals surface area contributed by atoms with E-state index in [0.29, 0.717) is 19.0 Å². The van der Waals surface area contributed by atoms with Gasteiger partial charge in [-0.15, -0.1) is 24.0 Å². The van der Waals surface area contributed by atoms with Crippen LogP contribution in [0, 0.1) is 5.82 Å². The van der Waals surface area contributed by atoms with Crippen molar-refractivity contribution >= 4 is 29.9 Å². The molecule has 1 saturated heterocycles. The summed E-state index contributed by atoms with van der Waals surface area (Å²) < 4.78 is 18.8. The zero-order chi connectivity index (χ0) is 21.3. The SMILES string of the molecule is CN=C(NCc1ccc(O)c(F)c1)NCC(c1ccc(OC)cc1)N1CCCCC1.I. The minimum atomic E-state index is -0.623. The summed E-state index contributed by atoms with van der Waals surface area (Å²) >= 11 is 0. The fourth-order valence-corrected chi connectivity index (χ4v) is 3.77. The van der Waals surface area contributed by atoms with Crippen LogP contribution in [0.3, 0.4) is 0 Å². The number of nitrogens with one attached hydrogen (secondary N) is 2. The molecule has 0 bridgehead atoms. The van der Waals surface area contributed by atoms with Crippen LogP contribution in [0.25, 0.3) is 0 Å². The molecule has 1 fully saturated rings. The third kappa shape index (κ3) is 7.24. The lowest BCUT2D eigenvalue weighted by Crippen LogP contribution is -2.44. The summed E-state index contributed by atoms with van der Waals surface area (Å²) in [6.07, 6.45) is 3.71. The standard InChI is InChI=1S/C23H31FN4O2.HI/c1-25-23(26-15-17-6-11-22(29)20(24)14-17)27-16-21(28-12-4-3-5-13-28)18-7-9-19(30-2)10-8-18;/h6-11,14,21,29H,3-5,12-13,15-16H2,1-2H3,(H2,25,26,27);1H. The average molecular weight is 542 g/mol. The van der Waals surface area contributed by atoms with Crippen LogP contribution in [0.1, 0.15) is 36.4 Å². The molecule has 2 aromatic carbocycles. The first-order valence-electron chi connectivity index (χ1n) is 10.4. The maximum Gasteiger partial charge on any atom is 0.191 e. The Morgan fingerprint density at radius 3 is 2.45 bits per heavy atom. The Morgan fingerprint density at radius 2 is 1.84 bits per heavy atom. The van der Waals surface area contributed by atoms with E-state index >= 15 is 0 Å². The number of guanidine groups is 1. The van der Waals surface area contributed by atoms with Crippen LogP contribution in [0.5, 0.6) is 11.5 Å². The van der Waals surface area contributed by atoms with Crippen LogP contribution in [-0.4, -0.2) is 49.8 Å². The summed E-state index contributed by atoms with van der Waals surface area (Å²) in [5, 5.41) is 16.0. The Hall–Kier alpha value is -2.07. The van der Waals surface area contributed by atoms with E-state index < -0.39 is 5.82 Å². The second kappa shape index (κ2) is 12.7. The van der Waals surface area contributed by atoms with Gasteiger partial charge < -0.3 is 20.5 Å². The number of hydrogen-bond donors (Lipinski definition) is 3. The van der Waals surface area contributed by atoms with E-state index in [1.165, 1.54) is 37.0 Å². The number of rotatable bonds is 7. The van der Waals surface area contributed by atoms with Gasteiger partial charge >= 0.3 is 0 Å². The molecule has 1 aliphatic heterocycles. The maximum absolute atomic E-state index is 13.5. The molecule has 0 spiro atoms. The van der Waals surface area contributed by atoms with Crippen LogP contribution in [0.2, 0.25) is 0 Å². The number of phenols is 1. The lowest BCUT2D eigenvalue weighted by molar-refractivity contribution is 0.164. The molecule has 3 N–H and O–H groups in total. The molecule has 2 aromatic rings. The quantitative estimate of drug-likeness (QED) is 0.280. The number of ether oxygens (including phenoxy) is 1. The lowest BCUT2D eigenvalue weighted by Gasteiger charge is -2.35. The summed E-state index contributed by atoms with van der Waals surface area (Å²) in [5.41, 5.74) is 1.97. The number of aromatic hydroxyl groups is 1. The number of nitrogens with zero attached hydrogens (tertiary/aromatic N) is 2.